The average molecular weight is 401 g/mol. The molecular weight excluding hydrogens is 380 g/mol. The molecule has 0 aromatic carbocycles. The maximum Gasteiger partial charge on any atom is 0.433 e. The molecule has 0 spiro atoms. The van der Waals surface area contributed by atoms with E-state index in [4.69, 9.17) is 0 Å². The molecule has 2 fully saturated rings. The van der Waals surface area contributed by atoms with Gasteiger partial charge in [0.15, 0.2) is 0 Å². The van der Waals surface area contributed by atoms with E-state index < -0.39 is 11.9 Å². The monoisotopic (exact) mass is 400 g/mol. The standard InChI is InChI=1S/C15H19F3N4O.2ClH/c16-15(17,18)13-2-1-11(9-20-13)14(23)22-7-5-21(6-8-22)12-3-4-19-10-12;;/h1-2,9,12,19H,3-8,10H2;2*1H. The van der Waals surface area contributed by atoms with Gasteiger partial charge in [-0.25, -0.2) is 0 Å². The summed E-state index contributed by atoms with van der Waals surface area (Å²) >= 11 is 0. The van der Waals surface area contributed by atoms with Gasteiger partial charge in [0.25, 0.3) is 5.91 Å². The van der Waals surface area contributed by atoms with Crippen molar-refractivity contribution in [1.29, 1.82) is 0 Å². The lowest BCUT2D eigenvalue weighted by molar-refractivity contribution is -0.141. The minimum absolute atomic E-state index is 0. The Hall–Kier alpha value is -1.09. The zero-order valence-electron chi connectivity index (χ0n) is 13.5. The van der Waals surface area contributed by atoms with E-state index in [2.05, 4.69) is 15.2 Å². The van der Waals surface area contributed by atoms with Gasteiger partial charge in [0.05, 0.1) is 5.56 Å². The van der Waals surface area contributed by atoms with Gasteiger partial charge < -0.3 is 10.2 Å². The lowest BCUT2D eigenvalue weighted by atomic mass is 10.1. The molecule has 1 amide bonds. The number of pyridine rings is 1. The Morgan fingerprint density at radius 2 is 1.84 bits per heavy atom. The van der Waals surface area contributed by atoms with Crippen molar-refractivity contribution in [1.82, 2.24) is 20.1 Å². The highest BCUT2D eigenvalue weighted by Crippen LogP contribution is 2.27. The number of amides is 1. The summed E-state index contributed by atoms with van der Waals surface area (Å²) in [6, 6.07) is 2.58. The fourth-order valence-electron chi connectivity index (χ4n) is 3.11. The number of carbonyl (C=O) groups excluding carboxylic acids is 1. The van der Waals surface area contributed by atoms with Gasteiger partial charge in [-0.3, -0.25) is 14.7 Å². The molecule has 3 rings (SSSR count). The van der Waals surface area contributed by atoms with E-state index in [1.807, 2.05) is 0 Å². The molecule has 1 atom stereocenters. The van der Waals surface area contributed by atoms with Gasteiger partial charge in [-0.1, -0.05) is 0 Å². The van der Waals surface area contributed by atoms with E-state index in [-0.39, 0.29) is 36.3 Å². The molecule has 1 aromatic rings. The number of hydrogen-bond acceptors (Lipinski definition) is 4. The van der Waals surface area contributed by atoms with Crippen LogP contribution in [-0.4, -0.2) is 66.0 Å². The minimum Gasteiger partial charge on any atom is -0.336 e. The first-order valence-electron chi connectivity index (χ1n) is 7.72. The highest BCUT2D eigenvalue weighted by Gasteiger charge is 2.33. The number of rotatable bonds is 2. The van der Waals surface area contributed by atoms with Crippen LogP contribution in [-0.2, 0) is 6.18 Å². The third-order valence-corrected chi connectivity index (χ3v) is 4.45. The quantitative estimate of drug-likeness (QED) is 0.825. The number of halogens is 5. The van der Waals surface area contributed by atoms with Crippen LogP contribution in [0.3, 0.4) is 0 Å². The molecule has 10 heteroatoms. The Bertz CT molecular complexity index is 557. The van der Waals surface area contributed by atoms with Gasteiger partial charge in [-0.2, -0.15) is 13.2 Å². The summed E-state index contributed by atoms with van der Waals surface area (Å²) < 4.78 is 37.5. The average Bonchev–Trinajstić information content (AvgIpc) is 3.08. The summed E-state index contributed by atoms with van der Waals surface area (Å²) in [6.07, 6.45) is -2.35. The normalized spacial score (nSPS) is 21.4. The topological polar surface area (TPSA) is 48.5 Å². The Kier molecular flexibility index (Phi) is 7.92. The lowest BCUT2D eigenvalue weighted by Crippen LogP contribution is -2.52. The minimum atomic E-state index is -4.48. The number of hydrogen-bond donors (Lipinski definition) is 1. The van der Waals surface area contributed by atoms with E-state index in [1.165, 1.54) is 6.07 Å². The summed E-state index contributed by atoms with van der Waals surface area (Å²) in [7, 11) is 0. The van der Waals surface area contributed by atoms with Crippen molar-refractivity contribution in [2.24, 2.45) is 0 Å². The Morgan fingerprint density at radius 1 is 1.16 bits per heavy atom. The van der Waals surface area contributed by atoms with Crippen molar-refractivity contribution in [3.63, 3.8) is 0 Å². The van der Waals surface area contributed by atoms with E-state index in [0.29, 0.717) is 19.1 Å². The predicted molar refractivity (Wildman–Crippen MR) is 92.5 cm³/mol. The van der Waals surface area contributed by atoms with Gasteiger partial charge in [-0.05, 0) is 25.1 Å². The number of nitrogens with one attached hydrogen (secondary N) is 1. The highest BCUT2D eigenvalue weighted by atomic mass is 35.5. The highest BCUT2D eigenvalue weighted by molar-refractivity contribution is 5.94. The summed E-state index contributed by atoms with van der Waals surface area (Å²) in [5.74, 6) is -0.254. The van der Waals surface area contributed by atoms with Crippen LogP contribution in [0.5, 0.6) is 0 Å². The second kappa shape index (κ2) is 9.02. The summed E-state index contributed by atoms with van der Waals surface area (Å²) in [5.41, 5.74) is -0.776. The number of alkyl halides is 3. The lowest BCUT2D eigenvalue weighted by Gasteiger charge is -2.37. The zero-order valence-corrected chi connectivity index (χ0v) is 15.1. The number of nitrogens with zero attached hydrogens (tertiary/aromatic N) is 3. The number of carbonyl (C=O) groups is 1. The van der Waals surface area contributed by atoms with Crippen molar-refractivity contribution in [2.45, 2.75) is 18.6 Å². The molecule has 0 bridgehead atoms. The second-order valence-corrected chi connectivity index (χ2v) is 5.90. The Balaban J connectivity index is 0.00000156. The van der Waals surface area contributed by atoms with Gasteiger partial charge in [-0.15, -0.1) is 24.8 Å². The van der Waals surface area contributed by atoms with Crippen molar-refractivity contribution >= 4 is 30.7 Å². The van der Waals surface area contributed by atoms with Crippen LogP contribution in [0.15, 0.2) is 18.3 Å². The first-order chi connectivity index (χ1) is 10.9. The largest absolute Gasteiger partial charge is 0.433 e. The summed E-state index contributed by atoms with van der Waals surface area (Å²) in [6.45, 7) is 4.79. The van der Waals surface area contributed by atoms with Gasteiger partial charge >= 0.3 is 6.18 Å². The molecule has 2 saturated heterocycles. The molecule has 1 unspecified atom stereocenters. The van der Waals surface area contributed by atoms with Crippen molar-refractivity contribution in [3.05, 3.63) is 29.6 Å². The molecule has 3 heterocycles. The molecule has 1 N–H and O–H groups in total. The van der Waals surface area contributed by atoms with E-state index in [0.717, 1.165) is 44.9 Å². The third-order valence-electron chi connectivity index (χ3n) is 4.45. The van der Waals surface area contributed by atoms with Crippen LogP contribution in [0, 0.1) is 0 Å². The maximum absolute atomic E-state index is 12.5. The molecule has 2 aliphatic heterocycles. The molecule has 25 heavy (non-hydrogen) atoms. The molecule has 5 nitrogen and oxygen atoms in total. The van der Waals surface area contributed by atoms with Gasteiger partial charge in [0.1, 0.15) is 5.69 Å². The van der Waals surface area contributed by atoms with E-state index >= 15 is 0 Å². The van der Waals surface area contributed by atoms with Crippen LogP contribution < -0.4 is 5.32 Å². The van der Waals surface area contributed by atoms with Crippen molar-refractivity contribution < 1.29 is 18.0 Å². The van der Waals surface area contributed by atoms with Gasteiger partial charge in [0, 0.05) is 45.0 Å². The van der Waals surface area contributed by atoms with Crippen molar-refractivity contribution in [2.75, 3.05) is 39.3 Å². The summed E-state index contributed by atoms with van der Waals surface area (Å²) in [4.78, 5) is 19.8. The predicted octanol–water partition coefficient (Wildman–Crippen LogP) is 2.06. The van der Waals surface area contributed by atoms with Crippen LogP contribution in [0.4, 0.5) is 13.2 Å². The Morgan fingerprint density at radius 3 is 2.32 bits per heavy atom. The fraction of sp³-hybridized carbons (Fsp3) is 0.600. The molecule has 0 aliphatic carbocycles. The molecule has 142 valence electrons. The smallest absolute Gasteiger partial charge is 0.336 e. The van der Waals surface area contributed by atoms with Crippen LogP contribution >= 0.6 is 24.8 Å². The van der Waals surface area contributed by atoms with Gasteiger partial charge in [0.2, 0.25) is 0 Å². The number of piperazine rings is 1. The molecule has 1 aromatic heterocycles. The Labute approximate surface area is 156 Å². The maximum atomic E-state index is 12.5. The fourth-order valence-corrected chi connectivity index (χ4v) is 3.11. The molecule has 2 aliphatic rings. The SMILES string of the molecule is Cl.Cl.O=C(c1ccc(C(F)(F)F)nc1)N1CCN(C2CCNC2)CC1. The first kappa shape index (κ1) is 22.0. The van der Waals surface area contributed by atoms with Crippen LogP contribution in [0.2, 0.25) is 0 Å². The summed E-state index contributed by atoms with van der Waals surface area (Å²) in [5, 5.41) is 3.32. The molecule has 0 radical (unpaired) electrons. The van der Waals surface area contributed by atoms with E-state index in [1.54, 1.807) is 4.90 Å². The van der Waals surface area contributed by atoms with Crippen LogP contribution in [0.25, 0.3) is 0 Å². The number of aromatic nitrogens is 1. The molecular formula is C15H21Cl2F3N4O. The van der Waals surface area contributed by atoms with Crippen LogP contribution in [0.1, 0.15) is 22.5 Å². The zero-order chi connectivity index (χ0) is 16.4. The van der Waals surface area contributed by atoms with E-state index in [9.17, 15) is 18.0 Å². The second-order valence-electron chi connectivity index (χ2n) is 5.90. The van der Waals surface area contributed by atoms with Crippen molar-refractivity contribution in [3.8, 4) is 0 Å². The third kappa shape index (κ3) is 5.20. The molecule has 0 saturated carbocycles. The first-order valence-corrected chi connectivity index (χ1v) is 7.72.